The van der Waals surface area contributed by atoms with Crippen molar-refractivity contribution in [2.75, 3.05) is 10.6 Å². The van der Waals surface area contributed by atoms with E-state index in [0.717, 1.165) is 6.54 Å². The monoisotopic (exact) mass is 271 g/mol. The first-order chi connectivity index (χ1) is 9.42. The number of aryl methyl sites for hydroxylation is 1. The van der Waals surface area contributed by atoms with Crippen LogP contribution >= 0.6 is 0 Å². The van der Waals surface area contributed by atoms with Crippen molar-refractivity contribution in [1.29, 1.82) is 0 Å². The highest BCUT2D eigenvalue weighted by Crippen LogP contribution is 2.12. The fourth-order valence-corrected chi connectivity index (χ4v) is 1.79. The largest absolute Gasteiger partial charge is 0.365 e. The number of nitrogens with zero attached hydrogens (tertiary/aromatic N) is 3. The average molecular weight is 271 g/mol. The summed E-state index contributed by atoms with van der Waals surface area (Å²) in [5, 5.41) is 14.4. The fraction of sp³-hybridized carbons (Fsp3) is 0.400. The maximum Gasteiger partial charge on any atom is 0.245 e. The van der Waals surface area contributed by atoms with Gasteiger partial charge < -0.3 is 10.6 Å². The molecule has 2 N–H and O–H groups in total. The minimum atomic E-state index is -0.0865. The Hall–Kier alpha value is -2.17. The molecule has 0 aliphatic carbocycles. The number of hydrogen-bond acceptors (Lipinski definition) is 5. The van der Waals surface area contributed by atoms with E-state index in [-0.39, 0.29) is 5.54 Å². The molecule has 1 heterocycles. The molecule has 0 aliphatic rings. The second-order valence-corrected chi connectivity index (χ2v) is 5.88. The molecule has 0 amide bonds. The SMILES string of the molecule is Cc1cccc(CNc2cnnc(NC(C)(C)C)n2)c1. The minimum Gasteiger partial charge on any atom is -0.365 e. The number of aromatic nitrogens is 3. The molecule has 2 aromatic rings. The van der Waals surface area contributed by atoms with Crippen LogP contribution in [-0.4, -0.2) is 20.7 Å². The van der Waals surface area contributed by atoms with Crippen LogP contribution < -0.4 is 10.6 Å². The van der Waals surface area contributed by atoms with E-state index in [1.165, 1.54) is 11.1 Å². The van der Waals surface area contributed by atoms with Crippen molar-refractivity contribution < 1.29 is 0 Å². The number of anilines is 2. The standard InChI is InChI=1S/C15H21N5/c1-11-6-5-7-12(8-11)9-16-13-10-17-20-14(18-13)19-15(2,3)4/h5-8,10H,9H2,1-4H3,(H2,16,18,19,20). The quantitative estimate of drug-likeness (QED) is 0.895. The van der Waals surface area contributed by atoms with Gasteiger partial charge in [0.05, 0.1) is 6.20 Å². The van der Waals surface area contributed by atoms with E-state index in [9.17, 15) is 0 Å². The van der Waals surface area contributed by atoms with Crippen LogP contribution in [0.15, 0.2) is 30.5 Å². The molecule has 2 rings (SSSR count). The normalized spacial score (nSPS) is 11.2. The van der Waals surface area contributed by atoms with Gasteiger partial charge in [-0.3, -0.25) is 0 Å². The maximum atomic E-state index is 4.40. The Labute approximate surface area is 119 Å². The molecule has 0 unspecified atom stereocenters. The molecule has 5 nitrogen and oxygen atoms in total. The molecule has 20 heavy (non-hydrogen) atoms. The van der Waals surface area contributed by atoms with Gasteiger partial charge in [-0.25, -0.2) is 0 Å². The second-order valence-electron chi connectivity index (χ2n) is 5.88. The van der Waals surface area contributed by atoms with Crippen molar-refractivity contribution >= 4 is 11.8 Å². The lowest BCUT2D eigenvalue weighted by atomic mass is 10.1. The zero-order valence-electron chi connectivity index (χ0n) is 12.4. The van der Waals surface area contributed by atoms with Crippen molar-refractivity contribution in [3.8, 4) is 0 Å². The molecule has 0 atom stereocenters. The third-order valence-electron chi connectivity index (χ3n) is 2.60. The maximum absolute atomic E-state index is 4.40. The molecule has 5 heteroatoms. The van der Waals surface area contributed by atoms with E-state index < -0.39 is 0 Å². The first kappa shape index (κ1) is 14.2. The summed E-state index contributed by atoms with van der Waals surface area (Å²) in [4.78, 5) is 4.40. The van der Waals surface area contributed by atoms with Gasteiger partial charge in [0.15, 0.2) is 5.82 Å². The Kier molecular flexibility index (Phi) is 4.17. The lowest BCUT2D eigenvalue weighted by molar-refractivity contribution is 0.623. The van der Waals surface area contributed by atoms with Gasteiger partial charge in [-0.2, -0.15) is 10.1 Å². The van der Waals surface area contributed by atoms with Gasteiger partial charge in [-0.1, -0.05) is 29.8 Å². The predicted octanol–water partition coefficient (Wildman–Crippen LogP) is 3.00. The molecule has 0 radical (unpaired) electrons. The molecule has 0 aliphatic heterocycles. The summed E-state index contributed by atoms with van der Waals surface area (Å²) < 4.78 is 0. The van der Waals surface area contributed by atoms with E-state index in [1.807, 2.05) is 0 Å². The molecular formula is C15H21N5. The summed E-state index contributed by atoms with van der Waals surface area (Å²) in [5.74, 6) is 1.25. The highest BCUT2D eigenvalue weighted by atomic mass is 15.3. The highest BCUT2D eigenvalue weighted by Gasteiger charge is 2.11. The molecule has 0 bridgehead atoms. The van der Waals surface area contributed by atoms with Crippen LogP contribution in [0.25, 0.3) is 0 Å². The zero-order valence-corrected chi connectivity index (χ0v) is 12.4. The van der Waals surface area contributed by atoms with Crippen LogP contribution in [0.4, 0.5) is 11.8 Å². The smallest absolute Gasteiger partial charge is 0.245 e. The van der Waals surface area contributed by atoms with Crippen molar-refractivity contribution in [3.05, 3.63) is 41.6 Å². The van der Waals surface area contributed by atoms with Crippen LogP contribution in [0.5, 0.6) is 0 Å². The van der Waals surface area contributed by atoms with Crippen molar-refractivity contribution in [3.63, 3.8) is 0 Å². The Morgan fingerprint density at radius 1 is 1.20 bits per heavy atom. The van der Waals surface area contributed by atoms with Gasteiger partial charge in [-0.05, 0) is 33.3 Å². The molecule has 0 spiro atoms. The topological polar surface area (TPSA) is 62.7 Å². The Bertz CT molecular complexity index is 574. The van der Waals surface area contributed by atoms with Crippen LogP contribution in [0.2, 0.25) is 0 Å². The summed E-state index contributed by atoms with van der Waals surface area (Å²) in [6.45, 7) is 8.98. The number of hydrogen-bond donors (Lipinski definition) is 2. The molecule has 0 saturated heterocycles. The van der Waals surface area contributed by atoms with E-state index in [4.69, 9.17) is 0 Å². The van der Waals surface area contributed by atoms with Crippen molar-refractivity contribution in [2.45, 2.75) is 39.8 Å². The Morgan fingerprint density at radius 2 is 2.00 bits per heavy atom. The van der Waals surface area contributed by atoms with Gasteiger partial charge in [0, 0.05) is 12.1 Å². The summed E-state index contributed by atoms with van der Waals surface area (Å²) in [6, 6.07) is 8.37. The van der Waals surface area contributed by atoms with Crippen LogP contribution in [-0.2, 0) is 6.54 Å². The van der Waals surface area contributed by atoms with E-state index in [2.05, 4.69) is 77.8 Å². The number of rotatable bonds is 4. The summed E-state index contributed by atoms with van der Waals surface area (Å²) in [6.07, 6.45) is 1.63. The van der Waals surface area contributed by atoms with Crippen molar-refractivity contribution in [2.24, 2.45) is 0 Å². The predicted molar refractivity (Wildman–Crippen MR) is 81.7 cm³/mol. The zero-order chi connectivity index (χ0) is 14.6. The molecule has 1 aromatic heterocycles. The average Bonchev–Trinajstić information content (AvgIpc) is 2.35. The van der Waals surface area contributed by atoms with Gasteiger partial charge in [0.1, 0.15) is 0 Å². The van der Waals surface area contributed by atoms with E-state index in [0.29, 0.717) is 11.8 Å². The Balaban J connectivity index is 2.01. The van der Waals surface area contributed by atoms with Gasteiger partial charge >= 0.3 is 0 Å². The van der Waals surface area contributed by atoms with Crippen LogP contribution in [0, 0.1) is 6.92 Å². The number of benzene rings is 1. The van der Waals surface area contributed by atoms with Crippen LogP contribution in [0.1, 0.15) is 31.9 Å². The molecule has 1 aromatic carbocycles. The first-order valence-corrected chi connectivity index (χ1v) is 6.70. The van der Waals surface area contributed by atoms with E-state index in [1.54, 1.807) is 6.20 Å². The van der Waals surface area contributed by atoms with Gasteiger partial charge in [0.25, 0.3) is 0 Å². The number of nitrogens with one attached hydrogen (secondary N) is 2. The van der Waals surface area contributed by atoms with Crippen molar-refractivity contribution in [1.82, 2.24) is 15.2 Å². The molecule has 0 fully saturated rings. The van der Waals surface area contributed by atoms with E-state index >= 15 is 0 Å². The summed E-state index contributed by atoms with van der Waals surface area (Å²) in [7, 11) is 0. The third kappa shape index (κ3) is 4.50. The summed E-state index contributed by atoms with van der Waals surface area (Å²) in [5.41, 5.74) is 2.38. The minimum absolute atomic E-state index is 0.0865. The summed E-state index contributed by atoms with van der Waals surface area (Å²) >= 11 is 0. The third-order valence-corrected chi connectivity index (χ3v) is 2.60. The second kappa shape index (κ2) is 5.86. The van der Waals surface area contributed by atoms with Gasteiger partial charge in [-0.15, -0.1) is 5.10 Å². The lowest BCUT2D eigenvalue weighted by Crippen LogP contribution is -2.27. The lowest BCUT2D eigenvalue weighted by Gasteiger charge is -2.20. The van der Waals surface area contributed by atoms with Gasteiger partial charge in [0.2, 0.25) is 5.95 Å². The first-order valence-electron chi connectivity index (χ1n) is 6.70. The molecule has 0 saturated carbocycles. The fourth-order valence-electron chi connectivity index (χ4n) is 1.79. The molecule has 106 valence electrons. The van der Waals surface area contributed by atoms with Crippen LogP contribution in [0.3, 0.4) is 0 Å². The highest BCUT2D eigenvalue weighted by molar-refractivity contribution is 5.39. The Morgan fingerprint density at radius 3 is 2.70 bits per heavy atom. The molecular weight excluding hydrogens is 250 g/mol.